The second-order valence-corrected chi connectivity index (χ2v) is 6.13. The summed E-state index contributed by atoms with van der Waals surface area (Å²) in [6.07, 6.45) is 4.85. The zero-order chi connectivity index (χ0) is 17.9. The van der Waals surface area contributed by atoms with Crippen molar-refractivity contribution in [3.05, 3.63) is 61.1 Å². The van der Waals surface area contributed by atoms with Crippen LogP contribution < -0.4 is 5.32 Å². The number of carbonyl (C=O) groups excluding carboxylic acids is 2. The van der Waals surface area contributed by atoms with Crippen LogP contribution in [0.4, 0.5) is 5.69 Å². The Kier molecular flexibility index (Phi) is 4.22. The average molecular weight is 351 g/mol. The van der Waals surface area contributed by atoms with Crippen LogP contribution in [0.2, 0.25) is 0 Å². The largest absolute Gasteiger partial charge is 0.467 e. The van der Waals surface area contributed by atoms with Crippen molar-refractivity contribution in [2.45, 2.75) is 13.0 Å². The minimum Gasteiger partial charge on any atom is -0.467 e. The van der Waals surface area contributed by atoms with E-state index in [2.05, 4.69) is 15.4 Å². The van der Waals surface area contributed by atoms with Gasteiger partial charge in [-0.15, -0.1) is 0 Å². The molecule has 2 amide bonds. The smallest absolute Gasteiger partial charge is 0.229 e. The molecule has 0 spiro atoms. The molecule has 1 fully saturated rings. The van der Waals surface area contributed by atoms with E-state index in [1.807, 2.05) is 18.2 Å². The number of nitrogens with one attached hydrogen (secondary N) is 1. The van der Waals surface area contributed by atoms with Crippen LogP contribution in [0.3, 0.4) is 0 Å². The van der Waals surface area contributed by atoms with Crippen molar-refractivity contribution in [2.24, 2.45) is 5.92 Å². The molecular formula is C18H17N5O3. The van der Waals surface area contributed by atoms with Crippen LogP contribution >= 0.6 is 0 Å². The van der Waals surface area contributed by atoms with Gasteiger partial charge in [-0.25, -0.2) is 9.67 Å². The second-order valence-electron chi connectivity index (χ2n) is 6.13. The molecule has 132 valence electrons. The Morgan fingerprint density at radius 3 is 2.81 bits per heavy atom. The molecule has 4 rings (SSSR count). The van der Waals surface area contributed by atoms with Crippen LogP contribution in [0.25, 0.3) is 5.69 Å². The molecule has 0 bridgehead atoms. The number of hydrogen-bond acceptors (Lipinski definition) is 5. The first-order valence-electron chi connectivity index (χ1n) is 8.25. The molecule has 0 radical (unpaired) electrons. The van der Waals surface area contributed by atoms with E-state index in [9.17, 15) is 9.59 Å². The number of likely N-dealkylation sites (tertiary alicyclic amines) is 1. The predicted octanol–water partition coefficient (Wildman–Crippen LogP) is 1.85. The van der Waals surface area contributed by atoms with Gasteiger partial charge in [0, 0.05) is 18.7 Å². The van der Waals surface area contributed by atoms with Crippen LogP contribution in [0.5, 0.6) is 0 Å². The van der Waals surface area contributed by atoms with E-state index in [0.29, 0.717) is 24.5 Å². The Bertz CT molecular complexity index is 888. The number of furan rings is 1. The molecule has 1 aliphatic rings. The highest BCUT2D eigenvalue weighted by atomic mass is 16.3. The lowest BCUT2D eigenvalue weighted by molar-refractivity contribution is -0.128. The third kappa shape index (κ3) is 3.34. The van der Waals surface area contributed by atoms with E-state index in [4.69, 9.17) is 4.42 Å². The third-order valence-electron chi connectivity index (χ3n) is 4.33. The molecule has 1 aliphatic heterocycles. The summed E-state index contributed by atoms with van der Waals surface area (Å²) in [4.78, 5) is 30.2. The standard InChI is InChI=1S/C18H17N5O3/c24-17-8-13(9-22(17)10-16-2-1-7-26-16)18(25)21-14-3-5-15(6-4-14)23-12-19-11-20-23/h1-7,11-13H,8-10H2,(H,21,25). The fourth-order valence-corrected chi connectivity index (χ4v) is 2.97. The number of hydrogen-bond donors (Lipinski definition) is 1. The van der Waals surface area contributed by atoms with Gasteiger partial charge in [0.1, 0.15) is 18.4 Å². The number of aromatic nitrogens is 3. The van der Waals surface area contributed by atoms with Gasteiger partial charge in [0.2, 0.25) is 11.8 Å². The Balaban J connectivity index is 1.37. The van der Waals surface area contributed by atoms with Crippen molar-refractivity contribution in [1.82, 2.24) is 19.7 Å². The lowest BCUT2D eigenvalue weighted by Gasteiger charge is -2.15. The van der Waals surface area contributed by atoms with E-state index >= 15 is 0 Å². The Morgan fingerprint density at radius 1 is 1.27 bits per heavy atom. The first-order valence-corrected chi connectivity index (χ1v) is 8.25. The molecular weight excluding hydrogens is 334 g/mol. The van der Waals surface area contributed by atoms with E-state index < -0.39 is 0 Å². The summed E-state index contributed by atoms with van der Waals surface area (Å²) < 4.78 is 6.90. The summed E-state index contributed by atoms with van der Waals surface area (Å²) in [7, 11) is 0. The summed E-state index contributed by atoms with van der Waals surface area (Å²) in [6.45, 7) is 0.782. The van der Waals surface area contributed by atoms with Gasteiger partial charge < -0.3 is 14.6 Å². The Labute approximate surface area is 149 Å². The second kappa shape index (κ2) is 6.83. The molecule has 3 heterocycles. The zero-order valence-corrected chi connectivity index (χ0v) is 13.9. The molecule has 1 unspecified atom stereocenters. The van der Waals surface area contributed by atoms with Gasteiger partial charge in [0.05, 0.1) is 24.4 Å². The maximum Gasteiger partial charge on any atom is 0.229 e. The highest BCUT2D eigenvalue weighted by Crippen LogP contribution is 2.22. The quantitative estimate of drug-likeness (QED) is 0.757. The van der Waals surface area contributed by atoms with Crippen molar-refractivity contribution >= 4 is 17.5 Å². The number of anilines is 1. The molecule has 26 heavy (non-hydrogen) atoms. The van der Waals surface area contributed by atoms with Crippen LogP contribution in [0, 0.1) is 5.92 Å². The van der Waals surface area contributed by atoms with Gasteiger partial charge in [-0.3, -0.25) is 9.59 Å². The summed E-state index contributed by atoms with van der Waals surface area (Å²) in [6, 6.07) is 10.9. The summed E-state index contributed by atoms with van der Waals surface area (Å²) >= 11 is 0. The van der Waals surface area contributed by atoms with Gasteiger partial charge in [-0.2, -0.15) is 5.10 Å². The van der Waals surface area contributed by atoms with Crippen molar-refractivity contribution < 1.29 is 14.0 Å². The summed E-state index contributed by atoms with van der Waals surface area (Å²) in [5.41, 5.74) is 1.52. The Hall–Kier alpha value is -3.42. The maximum atomic E-state index is 12.5. The van der Waals surface area contributed by atoms with Gasteiger partial charge in [-0.05, 0) is 36.4 Å². The molecule has 3 aromatic rings. The fourth-order valence-electron chi connectivity index (χ4n) is 2.97. The predicted molar refractivity (Wildman–Crippen MR) is 92.2 cm³/mol. The van der Waals surface area contributed by atoms with Gasteiger partial charge in [-0.1, -0.05) is 0 Å². The molecule has 1 atom stereocenters. The minimum absolute atomic E-state index is 0.0388. The van der Waals surface area contributed by atoms with E-state index in [-0.39, 0.29) is 24.2 Å². The van der Waals surface area contributed by atoms with Crippen molar-refractivity contribution in [3.8, 4) is 5.69 Å². The molecule has 2 aromatic heterocycles. The topological polar surface area (TPSA) is 93.3 Å². The van der Waals surface area contributed by atoms with E-state index in [1.165, 1.54) is 6.33 Å². The first-order chi connectivity index (χ1) is 12.7. The van der Waals surface area contributed by atoms with Crippen molar-refractivity contribution in [1.29, 1.82) is 0 Å². The lowest BCUT2D eigenvalue weighted by Crippen LogP contribution is -2.27. The van der Waals surface area contributed by atoms with Crippen molar-refractivity contribution in [2.75, 3.05) is 11.9 Å². The highest BCUT2D eigenvalue weighted by molar-refractivity contribution is 5.97. The third-order valence-corrected chi connectivity index (χ3v) is 4.33. The summed E-state index contributed by atoms with van der Waals surface area (Å²) in [5, 5.41) is 6.92. The van der Waals surface area contributed by atoms with E-state index in [0.717, 1.165) is 5.69 Å². The normalized spacial score (nSPS) is 16.8. The Morgan fingerprint density at radius 2 is 2.12 bits per heavy atom. The number of benzene rings is 1. The SMILES string of the molecule is O=C(Nc1ccc(-n2cncn2)cc1)C1CC(=O)N(Cc2ccco2)C1. The molecule has 8 heteroatoms. The number of amides is 2. The van der Waals surface area contributed by atoms with Crippen LogP contribution in [-0.2, 0) is 16.1 Å². The molecule has 1 saturated heterocycles. The van der Waals surface area contributed by atoms with Gasteiger partial charge in [0.25, 0.3) is 0 Å². The molecule has 0 aliphatic carbocycles. The van der Waals surface area contributed by atoms with E-state index in [1.54, 1.807) is 40.4 Å². The monoisotopic (exact) mass is 351 g/mol. The first kappa shape index (κ1) is 16.1. The van der Waals surface area contributed by atoms with Crippen LogP contribution in [0.1, 0.15) is 12.2 Å². The molecule has 1 N–H and O–H groups in total. The average Bonchev–Trinajstić information content (AvgIpc) is 3.39. The summed E-state index contributed by atoms with van der Waals surface area (Å²) in [5.74, 6) is 0.146. The number of carbonyl (C=O) groups is 2. The minimum atomic E-state index is -0.368. The molecule has 0 saturated carbocycles. The number of nitrogens with zero attached hydrogens (tertiary/aromatic N) is 4. The highest BCUT2D eigenvalue weighted by Gasteiger charge is 2.34. The van der Waals surface area contributed by atoms with Crippen LogP contribution in [-0.4, -0.2) is 38.0 Å². The lowest BCUT2D eigenvalue weighted by atomic mass is 10.1. The zero-order valence-electron chi connectivity index (χ0n) is 13.9. The van der Waals surface area contributed by atoms with Crippen LogP contribution in [0.15, 0.2) is 59.7 Å². The number of rotatable bonds is 5. The fraction of sp³-hybridized carbons (Fsp3) is 0.222. The van der Waals surface area contributed by atoms with Crippen molar-refractivity contribution in [3.63, 3.8) is 0 Å². The van der Waals surface area contributed by atoms with Gasteiger partial charge in [0.15, 0.2) is 0 Å². The molecule has 8 nitrogen and oxygen atoms in total. The maximum absolute atomic E-state index is 12.5. The molecule has 1 aromatic carbocycles. The van der Waals surface area contributed by atoms with Gasteiger partial charge >= 0.3 is 0 Å².